The first kappa shape index (κ1) is 14.4. The lowest BCUT2D eigenvalue weighted by molar-refractivity contribution is -0.149. The van der Waals surface area contributed by atoms with Crippen molar-refractivity contribution >= 4 is 23.6 Å². The highest BCUT2D eigenvalue weighted by Crippen LogP contribution is 2.24. The summed E-state index contributed by atoms with van der Waals surface area (Å²) in [5, 5.41) is 9.02. The fraction of sp³-hybridized carbons (Fsp3) is 0.833. The van der Waals surface area contributed by atoms with Crippen LogP contribution in [0.2, 0.25) is 0 Å². The van der Waals surface area contributed by atoms with Crippen LogP contribution in [0.5, 0.6) is 0 Å². The van der Waals surface area contributed by atoms with E-state index < -0.39 is 5.97 Å². The molecule has 1 amide bonds. The lowest BCUT2D eigenvalue weighted by Crippen LogP contribution is -2.47. The van der Waals surface area contributed by atoms with Crippen LogP contribution in [0.15, 0.2) is 0 Å². The topological polar surface area (TPSA) is 57.6 Å². The van der Waals surface area contributed by atoms with E-state index in [1.807, 2.05) is 25.0 Å². The maximum absolute atomic E-state index is 12.1. The van der Waals surface area contributed by atoms with Gasteiger partial charge in [0.05, 0.1) is 5.92 Å². The molecule has 0 spiro atoms. The highest BCUT2D eigenvalue weighted by atomic mass is 32.2. The number of carbonyl (C=O) groups excluding carboxylic acids is 1. The Bertz CT molecular complexity index is 295. The average molecular weight is 259 g/mol. The Labute approximate surface area is 107 Å². The zero-order chi connectivity index (χ0) is 13.0. The predicted octanol–water partition coefficient (Wildman–Crippen LogP) is 1.55. The summed E-state index contributed by atoms with van der Waals surface area (Å²) in [5.41, 5.74) is 0. The van der Waals surface area contributed by atoms with E-state index >= 15 is 0 Å². The van der Waals surface area contributed by atoms with Gasteiger partial charge in [-0.05, 0) is 18.6 Å². The Kier molecular flexibility index (Phi) is 5.31. The Hall–Kier alpha value is -0.710. The monoisotopic (exact) mass is 259 g/mol. The zero-order valence-corrected chi connectivity index (χ0v) is 11.5. The molecule has 3 atom stereocenters. The molecule has 0 aliphatic carbocycles. The number of carboxylic acids is 1. The highest BCUT2D eigenvalue weighted by molar-refractivity contribution is 7.98. The maximum Gasteiger partial charge on any atom is 0.306 e. The van der Waals surface area contributed by atoms with Crippen LogP contribution in [-0.2, 0) is 9.59 Å². The van der Waals surface area contributed by atoms with E-state index in [9.17, 15) is 9.59 Å². The van der Waals surface area contributed by atoms with Gasteiger partial charge in [-0.25, -0.2) is 0 Å². The third-order valence-electron chi connectivity index (χ3n) is 3.37. The molecule has 1 heterocycles. The zero-order valence-electron chi connectivity index (χ0n) is 10.7. The van der Waals surface area contributed by atoms with E-state index in [4.69, 9.17) is 5.11 Å². The van der Waals surface area contributed by atoms with Gasteiger partial charge in [-0.1, -0.05) is 13.8 Å². The smallest absolute Gasteiger partial charge is 0.306 e. The molecule has 0 saturated carbocycles. The highest BCUT2D eigenvalue weighted by Gasteiger charge is 2.33. The number of amides is 1. The third-order valence-corrected chi connectivity index (χ3v) is 4.21. The minimum Gasteiger partial charge on any atom is -0.481 e. The van der Waals surface area contributed by atoms with Gasteiger partial charge in [-0.2, -0.15) is 11.8 Å². The summed E-state index contributed by atoms with van der Waals surface area (Å²) < 4.78 is 0. The lowest BCUT2D eigenvalue weighted by Gasteiger charge is -2.36. The van der Waals surface area contributed by atoms with Crippen LogP contribution in [-0.4, -0.2) is 47.0 Å². The SMILES string of the molecule is CSCC(C)C(=O)N1CCC(C(=O)O)C(C)C1. The van der Waals surface area contributed by atoms with Crippen LogP contribution in [0.3, 0.4) is 0 Å². The molecule has 0 radical (unpaired) electrons. The predicted molar refractivity (Wildman–Crippen MR) is 69.0 cm³/mol. The molecule has 1 fully saturated rings. The van der Waals surface area contributed by atoms with Crippen molar-refractivity contribution in [2.75, 3.05) is 25.1 Å². The largest absolute Gasteiger partial charge is 0.481 e. The first-order valence-corrected chi connectivity index (χ1v) is 7.37. The van der Waals surface area contributed by atoms with E-state index in [0.717, 1.165) is 5.75 Å². The Morgan fingerprint density at radius 3 is 2.65 bits per heavy atom. The summed E-state index contributed by atoms with van der Waals surface area (Å²) in [7, 11) is 0. The van der Waals surface area contributed by atoms with Gasteiger partial charge in [0.2, 0.25) is 5.91 Å². The molecule has 98 valence electrons. The van der Waals surface area contributed by atoms with Crippen LogP contribution in [0.1, 0.15) is 20.3 Å². The van der Waals surface area contributed by atoms with Gasteiger partial charge in [0.25, 0.3) is 0 Å². The van der Waals surface area contributed by atoms with Crippen molar-refractivity contribution in [1.29, 1.82) is 0 Å². The molecule has 0 aromatic rings. The van der Waals surface area contributed by atoms with Crippen molar-refractivity contribution in [3.8, 4) is 0 Å². The number of rotatable bonds is 4. The van der Waals surface area contributed by atoms with E-state index in [0.29, 0.717) is 19.5 Å². The summed E-state index contributed by atoms with van der Waals surface area (Å²) in [4.78, 5) is 24.9. The summed E-state index contributed by atoms with van der Waals surface area (Å²) in [6, 6.07) is 0. The van der Waals surface area contributed by atoms with Crippen LogP contribution in [0.4, 0.5) is 0 Å². The summed E-state index contributed by atoms with van der Waals surface area (Å²) in [6.07, 6.45) is 2.57. The number of carbonyl (C=O) groups is 2. The molecule has 4 nitrogen and oxygen atoms in total. The summed E-state index contributed by atoms with van der Waals surface area (Å²) in [6.45, 7) is 5.01. The van der Waals surface area contributed by atoms with E-state index in [-0.39, 0.29) is 23.7 Å². The second kappa shape index (κ2) is 6.28. The van der Waals surface area contributed by atoms with E-state index in [1.54, 1.807) is 11.8 Å². The number of aliphatic carboxylic acids is 1. The van der Waals surface area contributed by atoms with Gasteiger partial charge in [0, 0.05) is 24.8 Å². The van der Waals surface area contributed by atoms with Crippen molar-refractivity contribution in [3.63, 3.8) is 0 Å². The molecular formula is C12H21NO3S. The number of piperidine rings is 1. The number of nitrogens with zero attached hydrogens (tertiary/aromatic N) is 1. The average Bonchev–Trinajstić information content (AvgIpc) is 2.27. The Morgan fingerprint density at radius 2 is 2.18 bits per heavy atom. The normalized spacial score (nSPS) is 26.6. The van der Waals surface area contributed by atoms with Crippen molar-refractivity contribution in [2.24, 2.45) is 17.8 Å². The molecular weight excluding hydrogens is 238 g/mol. The van der Waals surface area contributed by atoms with Crippen LogP contribution >= 0.6 is 11.8 Å². The standard InChI is InChI=1S/C12H21NO3S/c1-8-6-13(5-4-10(8)12(15)16)11(14)9(2)7-17-3/h8-10H,4-7H2,1-3H3,(H,15,16). The molecule has 17 heavy (non-hydrogen) atoms. The number of likely N-dealkylation sites (tertiary alicyclic amines) is 1. The Balaban J connectivity index is 2.54. The number of carboxylic acid groups (broad SMARTS) is 1. The molecule has 3 unspecified atom stereocenters. The minimum absolute atomic E-state index is 0.0265. The van der Waals surface area contributed by atoms with Crippen molar-refractivity contribution in [1.82, 2.24) is 4.90 Å². The summed E-state index contributed by atoms with van der Waals surface area (Å²) >= 11 is 1.67. The molecule has 0 aromatic carbocycles. The molecule has 1 rings (SSSR count). The molecule has 0 aromatic heterocycles. The molecule has 1 aliphatic rings. The Morgan fingerprint density at radius 1 is 1.53 bits per heavy atom. The quantitative estimate of drug-likeness (QED) is 0.832. The fourth-order valence-electron chi connectivity index (χ4n) is 2.35. The number of thioether (sulfide) groups is 1. The van der Waals surface area contributed by atoms with Gasteiger partial charge >= 0.3 is 5.97 Å². The molecule has 1 saturated heterocycles. The number of hydrogen-bond donors (Lipinski definition) is 1. The minimum atomic E-state index is -0.734. The van der Waals surface area contributed by atoms with Crippen LogP contribution < -0.4 is 0 Å². The van der Waals surface area contributed by atoms with Gasteiger partial charge in [0.1, 0.15) is 0 Å². The van der Waals surface area contributed by atoms with Crippen LogP contribution in [0, 0.1) is 17.8 Å². The second-order valence-corrected chi connectivity index (χ2v) is 5.76. The number of hydrogen-bond acceptors (Lipinski definition) is 3. The first-order chi connectivity index (χ1) is 7.97. The van der Waals surface area contributed by atoms with Crippen LogP contribution in [0.25, 0.3) is 0 Å². The van der Waals surface area contributed by atoms with E-state index in [1.165, 1.54) is 0 Å². The van der Waals surface area contributed by atoms with Gasteiger partial charge < -0.3 is 10.0 Å². The maximum atomic E-state index is 12.1. The summed E-state index contributed by atoms with van der Waals surface area (Å²) in [5.74, 6) is 0.0310. The van der Waals surface area contributed by atoms with Gasteiger partial charge in [-0.15, -0.1) is 0 Å². The third kappa shape index (κ3) is 3.63. The molecule has 5 heteroatoms. The fourth-order valence-corrected chi connectivity index (χ4v) is 2.99. The molecule has 1 aliphatic heterocycles. The molecule has 1 N–H and O–H groups in total. The van der Waals surface area contributed by atoms with Gasteiger partial charge in [0.15, 0.2) is 0 Å². The van der Waals surface area contributed by atoms with Crippen molar-refractivity contribution < 1.29 is 14.7 Å². The first-order valence-electron chi connectivity index (χ1n) is 5.97. The van der Waals surface area contributed by atoms with Gasteiger partial charge in [-0.3, -0.25) is 9.59 Å². The second-order valence-electron chi connectivity index (χ2n) is 4.85. The van der Waals surface area contributed by atoms with Crippen molar-refractivity contribution in [3.05, 3.63) is 0 Å². The molecule has 0 bridgehead atoms. The van der Waals surface area contributed by atoms with E-state index in [2.05, 4.69) is 0 Å². The lowest BCUT2D eigenvalue weighted by atomic mass is 9.86. The van der Waals surface area contributed by atoms with Crippen molar-refractivity contribution in [2.45, 2.75) is 20.3 Å².